The quantitative estimate of drug-likeness (QED) is 0.471. The predicted molar refractivity (Wildman–Crippen MR) is 60.6 cm³/mol. The minimum Gasteiger partial charge on any atom is -0.234 e. The Morgan fingerprint density at radius 1 is 1.06 bits per heavy atom. The summed E-state index contributed by atoms with van der Waals surface area (Å²) in [4.78, 5) is 16.7. The van der Waals surface area contributed by atoms with E-state index in [0.29, 0.717) is 23.1 Å². The van der Waals surface area contributed by atoms with Gasteiger partial charge in [0.2, 0.25) is 11.6 Å². The fraction of sp³-hybridized carbons (Fsp3) is 0. The van der Waals surface area contributed by atoms with Crippen molar-refractivity contribution in [3.63, 3.8) is 0 Å². The Hall–Kier alpha value is -2.90. The van der Waals surface area contributed by atoms with Crippen molar-refractivity contribution in [1.82, 2.24) is 39.2 Å². The highest BCUT2D eigenvalue weighted by Gasteiger charge is 2.12. The van der Waals surface area contributed by atoms with Crippen molar-refractivity contribution < 1.29 is 0 Å². The van der Waals surface area contributed by atoms with Crippen LogP contribution in [-0.4, -0.2) is 39.2 Å². The van der Waals surface area contributed by atoms with Gasteiger partial charge in [-0.2, -0.15) is 14.6 Å². The molecule has 0 saturated carbocycles. The second-order valence-electron chi connectivity index (χ2n) is 3.60. The molecule has 0 saturated heterocycles. The van der Waals surface area contributed by atoms with Gasteiger partial charge < -0.3 is 0 Å². The normalized spacial score (nSPS) is 11.3. The van der Waals surface area contributed by atoms with Gasteiger partial charge in [0.15, 0.2) is 5.65 Å². The molecule has 0 aromatic carbocycles. The Morgan fingerprint density at radius 2 is 2.06 bits per heavy atom. The highest BCUT2D eigenvalue weighted by molar-refractivity contribution is 5.52. The average Bonchev–Trinajstić information content (AvgIpc) is 3.04. The van der Waals surface area contributed by atoms with Crippen molar-refractivity contribution >= 4 is 11.4 Å². The fourth-order valence-electron chi connectivity index (χ4n) is 1.74. The lowest BCUT2D eigenvalue weighted by atomic mass is 10.5. The smallest absolute Gasteiger partial charge is 0.234 e. The van der Waals surface area contributed by atoms with E-state index in [2.05, 4.69) is 30.1 Å². The molecule has 0 radical (unpaired) electrons. The molecule has 0 aliphatic heterocycles. The van der Waals surface area contributed by atoms with Crippen LogP contribution in [-0.2, 0) is 0 Å². The number of hydrogen-bond donors (Lipinski definition) is 0. The lowest BCUT2D eigenvalue weighted by Crippen LogP contribution is -1.98. The summed E-state index contributed by atoms with van der Waals surface area (Å²) in [6, 6.07) is 3.56. The SMILES string of the molecule is c1cnc2nc(-c3nccc4ncnn34)nn2c1. The largest absolute Gasteiger partial charge is 0.252 e. The molecule has 4 aromatic rings. The van der Waals surface area contributed by atoms with Crippen LogP contribution in [0.1, 0.15) is 0 Å². The zero-order valence-corrected chi connectivity index (χ0v) is 9.04. The molecule has 0 spiro atoms. The van der Waals surface area contributed by atoms with Crippen molar-refractivity contribution in [1.29, 1.82) is 0 Å². The standard InChI is InChI=1S/C10H6N8/c1-3-12-10-15-8(16-17(10)5-1)9-11-4-2-7-13-6-14-18(7)9/h1-6H. The van der Waals surface area contributed by atoms with Gasteiger partial charge in [0, 0.05) is 24.7 Å². The predicted octanol–water partition coefficient (Wildman–Crippen LogP) is 0.229. The van der Waals surface area contributed by atoms with Gasteiger partial charge in [-0.15, -0.1) is 5.10 Å². The van der Waals surface area contributed by atoms with Crippen LogP contribution in [0.2, 0.25) is 0 Å². The van der Waals surface area contributed by atoms with Crippen LogP contribution in [0.5, 0.6) is 0 Å². The molecule has 0 unspecified atom stereocenters. The van der Waals surface area contributed by atoms with Crippen molar-refractivity contribution in [3.05, 3.63) is 37.1 Å². The van der Waals surface area contributed by atoms with Gasteiger partial charge >= 0.3 is 0 Å². The zero-order chi connectivity index (χ0) is 11.9. The molecule has 0 bridgehead atoms. The molecule has 18 heavy (non-hydrogen) atoms. The first-order valence-corrected chi connectivity index (χ1v) is 5.24. The molecular weight excluding hydrogens is 232 g/mol. The van der Waals surface area contributed by atoms with Gasteiger partial charge in [0.05, 0.1) is 0 Å². The lowest BCUT2D eigenvalue weighted by Gasteiger charge is -1.96. The summed E-state index contributed by atoms with van der Waals surface area (Å²) < 4.78 is 3.18. The Morgan fingerprint density at radius 3 is 3.00 bits per heavy atom. The lowest BCUT2D eigenvalue weighted by molar-refractivity contribution is 0.896. The van der Waals surface area contributed by atoms with Crippen molar-refractivity contribution in [3.8, 4) is 11.6 Å². The maximum Gasteiger partial charge on any atom is 0.252 e. The molecular formula is C10H6N8. The molecule has 86 valence electrons. The van der Waals surface area contributed by atoms with Crippen LogP contribution in [0.4, 0.5) is 0 Å². The third-order valence-corrected chi connectivity index (χ3v) is 2.51. The van der Waals surface area contributed by atoms with Gasteiger partial charge in [0.1, 0.15) is 6.33 Å². The third kappa shape index (κ3) is 1.19. The van der Waals surface area contributed by atoms with Crippen LogP contribution in [0.15, 0.2) is 37.1 Å². The summed E-state index contributed by atoms with van der Waals surface area (Å²) in [5.74, 6) is 1.52. The topological polar surface area (TPSA) is 86.2 Å². The van der Waals surface area contributed by atoms with Crippen molar-refractivity contribution in [2.24, 2.45) is 0 Å². The van der Waals surface area contributed by atoms with E-state index in [4.69, 9.17) is 0 Å². The molecule has 0 fully saturated rings. The van der Waals surface area contributed by atoms with E-state index in [1.807, 2.05) is 0 Å². The van der Waals surface area contributed by atoms with Crippen LogP contribution in [0.3, 0.4) is 0 Å². The minimum atomic E-state index is 0.463. The van der Waals surface area contributed by atoms with E-state index in [-0.39, 0.29) is 0 Å². The summed E-state index contributed by atoms with van der Waals surface area (Å²) in [6.07, 6.45) is 6.56. The second-order valence-corrected chi connectivity index (χ2v) is 3.60. The third-order valence-electron chi connectivity index (χ3n) is 2.51. The molecule has 0 N–H and O–H groups in total. The van der Waals surface area contributed by atoms with E-state index in [9.17, 15) is 0 Å². The summed E-state index contributed by atoms with van der Waals surface area (Å²) in [5.41, 5.74) is 0.701. The number of nitrogens with zero attached hydrogens (tertiary/aromatic N) is 8. The van der Waals surface area contributed by atoms with Crippen LogP contribution in [0, 0.1) is 0 Å². The van der Waals surface area contributed by atoms with Crippen LogP contribution >= 0.6 is 0 Å². The van der Waals surface area contributed by atoms with Crippen molar-refractivity contribution in [2.45, 2.75) is 0 Å². The first-order chi connectivity index (χ1) is 8.92. The highest BCUT2D eigenvalue weighted by Crippen LogP contribution is 2.12. The van der Waals surface area contributed by atoms with Crippen LogP contribution in [0.25, 0.3) is 23.1 Å². The van der Waals surface area contributed by atoms with Gasteiger partial charge in [-0.3, -0.25) is 0 Å². The fourth-order valence-corrected chi connectivity index (χ4v) is 1.74. The van der Waals surface area contributed by atoms with Gasteiger partial charge in [0.25, 0.3) is 5.78 Å². The second kappa shape index (κ2) is 3.29. The Kier molecular flexibility index (Phi) is 1.68. The maximum absolute atomic E-state index is 4.30. The first-order valence-electron chi connectivity index (χ1n) is 5.24. The van der Waals surface area contributed by atoms with E-state index in [1.165, 1.54) is 6.33 Å². The average molecular weight is 238 g/mol. The number of fused-ring (bicyclic) bond motifs is 2. The first kappa shape index (κ1) is 9.16. The molecule has 4 rings (SSSR count). The number of rotatable bonds is 1. The summed E-state index contributed by atoms with van der Waals surface area (Å²) in [5, 5.41) is 8.40. The van der Waals surface area contributed by atoms with E-state index >= 15 is 0 Å². The molecule has 0 aliphatic rings. The molecule has 4 heterocycles. The summed E-state index contributed by atoms with van der Waals surface area (Å²) >= 11 is 0. The van der Waals surface area contributed by atoms with E-state index < -0.39 is 0 Å². The molecule has 8 heteroatoms. The molecule has 0 amide bonds. The zero-order valence-electron chi connectivity index (χ0n) is 9.04. The maximum atomic E-state index is 4.30. The Balaban J connectivity index is 2.04. The van der Waals surface area contributed by atoms with Crippen LogP contribution < -0.4 is 0 Å². The minimum absolute atomic E-state index is 0.463. The number of hydrogen-bond acceptors (Lipinski definition) is 6. The summed E-state index contributed by atoms with van der Waals surface area (Å²) in [6.45, 7) is 0. The molecule has 4 aromatic heterocycles. The van der Waals surface area contributed by atoms with Gasteiger partial charge in [-0.25, -0.2) is 19.5 Å². The Labute approximate surface area is 100.0 Å². The van der Waals surface area contributed by atoms with Crippen molar-refractivity contribution in [2.75, 3.05) is 0 Å². The Bertz CT molecular complexity index is 812. The molecule has 8 nitrogen and oxygen atoms in total. The molecule has 0 aliphatic carbocycles. The number of aromatic nitrogens is 8. The highest BCUT2D eigenvalue weighted by atomic mass is 15.4. The van der Waals surface area contributed by atoms with E-state index in [1.54, 1.807) is 39.8 Å². The van der Waals surface area contributed by atoms with E-state index in [0.717, 1.165) is 0 Å². The summed E-state index contributed by atoms with van der Waals surface area (Å²) in [7, 11) is 0. The van der Waals surface area contributed by atoms with Gasteiger partial charge in [-0.05, 0) is 6.07 Å². The molecule has 0 atom stereocenters. The van der Waals surface area contributed by atoms with Gasteiger partial charge in [-0.1, -0.05) is 0 Å². The monoisotopic (exact) mass is 238 g/mol.